The highest BCUT2D eigenvalue weighted by molar-refractivity contribution is 9.10. The molecule has 0 radical (unpaired) electrons. The predicted molar refractivity (Wildman–Crippen MR) is 80.5 cm³/mol. The van der Waals surface area contributed by atoms with E-state index in [1.807, 2.05) is 0 Å². The van der Waals surface area contributed by atoms with Crippen molar-refractivity contribution in [2.45, 2.75) is 32.2 Å². The van der Waals surface area contributed by atoms with E-state index in [0.29, 0.717) is 28.7 Å². The minimum absolute atomic E-state index is 0.0286. The summed E-state index contributed by atoms with van der Waals surface area (Å²) < 4.78 is 13.8. The van der Waals surface area contributed by atoms with Crippen molar-refractivity contribution in [2.24, 2.45) is 0 Å². The van der Waals surface area contributed by atoms with Crippen molar-refractivity contribution in [3.63, 3.8) is 0 Å². The van der Waals surface area contributed by atoms with Crippen LogP contribution in [0.1, 0.15) is 24.8 Å². The number of carbonyl (C=O) groups is 2. The lowest BCUT2D eigenvalue weighted by Crippen LogP contribution is -2.61. The predicted octanol–water partition coefficient (Wildman–Crippen LogP) is 2.62. The summed E-state index contributed by atoms with van der Waals surface area (Å²) in [4.78, 5) is 28.1. The number of fused-ring (bicyclic) bond motifs is 1. The molecule has 0 aromatic heterocycles. The summed E-state index contributed by atoms with van der Waals surface area (Å²) in [6.45, 7) is 2.44. The fraction of sp³-hybridized carbons (Fsp3) is 0.467. The molecule has 2 heterocycles. The topological polar surface area (TPSA) is 40.6 Å². The molecule has 3 rings (SSSR count). The molecule has 6 heteroatoms. The van der Waals surface area contributed by atoms with Gasteiger partial charge in [0, 0.05) is 12.2 Å². The summed E-state index contributed by atoms with van der Waals surface area (Å²) in [6.07, 6.45) is 2.62. The molecule has 112 valence electrons. The smallest absolute Gasteiger partial charge is 0.250 e. The van der Waals surface area contributed by atoms with Gasteiger partial charge in [-0.3, -0.25) is 9.59 Å². The van der Waals surface area contributed by atoms with Crippen LogP contribution in [0.25, 0.3) is 0 Å². The van der Waals surface area contributed by atoms with Gasteiger partial charge in [-0.25, -0.2) is 4.39 Å². The van der Waals surface area contributed by atoms with Gasteiger partial charge in [-0.05, 0) is 59.8 Å². The Morgan fingerprint density at radius 1 is 1.29 bits per heavy atom. The third kappa shape index (κ3) is 2.46. The first-order valence-electron chi connectivity index (χ1n) is 7.05. The second-order valence-corrected chi connectivity index (χ2v) is 6.43. The molecule has 2 fully saturated rings. The highest BCUT2D eigenvalue weighted by Gasteiger charge is 2.41. The molecule has 2 saturated heterocycles. The number of aryl methyl sites for hydroxylation is 1. The molecule has 0 aliphatic carbocycles. The van der Waals surface area contributed by atoms with E-state index in [2.05, 4.69) is 15.9 Å². The molecule has 0 saturated carbocycles. The quantitative estimate of drug-likeness (QED) is 0.777. The molecular weight excluding hydrogens is 339 g/mol. The van der Waals surface area contributed by atoms with E-state index >= 15 is 0 Å². The molecule has 1 atom stereocenters. The Bertz CT molecular complexity index is 620. The van der Waals surface area contributed by atoms with Gasteiger partial charge in [0.2, 0.25) is 11.8 Å². The van der Waals surface area contributed by atoms with Crippen LogP contribution >= 0.6 is 15.9 Å². The minimum atomic E-state index is -0.369. The van der Waals surface area contributed by atoms with Crippen LogP contribution in [0.3, 0.4) is 0 Å². The highest BCUT2D eigenvalue weighted by Crippen LogP contribution is 2.31. The van der Waals surface area contributed by atoms with E-state index in [4.69, 9.17) is 0 Å². The van der Waals surface area contributed by atoms with E-state index in [-0.39, 0.29) is 30.2 Å². The number of benzene rings is 1. The van der Waals surface area contributed by atoms with Gasteiger partial charge >= 0.3 is 0 Å². The normalized spacial score (nSPS) is 22.5. The highest BCUT2D eigenvalue weighted by atomic mass is 79.9. The van der Waals surface area contributed by atoms with Crippen molar-refractivity contribution in [3.8, 4) is 0 Å². The van der Waals surface area contributed by atoms with Gasteiger partial charge < -0.3 is 9.80 Å². The van der Waals surface area contributed by atoms with Gasteiger partial charge in [0.05, 0.1) is 4.47 Å². The Morgan fingerprint density at radius 3 is 2.81 bits per heavy atom. The molecule has 2 aliphatic rings. The van der Waals surface area contributed by atoms with Crippen LogP contribution in [0.2, 0.25) is 0 Å². The molecule has 1 aromatic carbocycles. The number of piperidine rings is 1. The molecule has 2 aliphatic heterocycles. The lowest BCUT2D eigenvalue weighted by atomic mass is 9.97. The monoisotopic (exact) mass is 354 g/mol. The third-order valence-corrected chi connectivity index (χ3v) is 4.80. The molecular formula is C15H16BrFN2O2. The van der Waals surface area contributed by atoms with Gasteiger partial charge in [-0.1, -0.05) is 0 Å². The van der Waals surface area contributed by atoms with Crippen LogP contribution in [-0.4, -0.2) is 35.8 Å². The SMILES string of the molecule is Cc1cc(F)c(Br)cc1N1CC(=O)N2CCCCC2C1=O. The van der Waals surface area contributed by atoms with Crippen LogP contribution in [0.4, 0.5) is 10.1 Å². The van der Waals surface area contributed by atoms with Crippen molar-refractivity contribution in [2.75, 3.05) is 18.0 Å². The number of halogens is 2. The van der Waals surface area contributed by atoms with Crippen LogP contribution < -0.4 is 4.90 Å². The van der Waals surface area contributed by atoms with Gasteiger partial charge in [0.15, 0.2) is 0 Å². The maximum absolute atomic E-state index is 13.5. The second-order valence-electron chi connectivity index (χ2n) is 5.58. The number of hydrogen-bond acceptors (Lipinski definition) is 2. The summed E-state index contributed by atoms with van der Waals surface area (Å²) in [5.41, 5.74) is 1.26. The number of anilines is 1. The standard InChI is InChI=1S/C15H16BrFN2O2/c1-9-6-11(17)10(16)7-13(9)19-8-14(20)18-5-3-2-4-12(18)15(19)21/h6-7,12H,2-5,8H2,1H3. The molecule has 1 unspecified atom stereocenters. The number of hydrogen-bond donors (Lipinski definition) is 0. The summed E-state index contributed by atoms with van der Waals surface area (Å²) in [5, 5.41) is 0. The first-order chi connectivity index (χ1) is 9.99. The Kier molecular flexibility index (Phi) is 3.73. The van der Waals surface area contributed by atoms with Crippen molar-refractivity contribution in [1.29, 1.82) is 0 Å². The summed E-state index contributed by atoms with van der Waals surface area (Å²) in [5.74, 6) is -0.457. The van der Waals surface area contributed by atoms with Gasteiger partial charge in [0.1, 0.15) is 18.4 Å². The van der Waals surface area contributed by atoms with Crippen LogP contribution in [-0.2, 0) is 9.59 Å². The lowest BCUT2D eigenvalue weighted by Gasteiger charge is -2.43. The molecule has 4 nitrogen and oxygen atoms in total. The fourth-order valence-corrected chi connectivity index (χ4v) is 3.43. The maximum atomic E-state index is 13.5. The van der Waals surface area contributed by atoms with Crippen molar-refractivity contribution in [1.82, 2.24) is 4.90 Å². The number of rotatable bonds is 1. The van der Waals surface area contributed by atoms with Gasteiger partial charge in [0.25, 0.3) is 0 Å². The molecule has 0 bridgehead atoms. The Hall–Kier alpha value is -1.43. The average Bonchev–Trinajstić information content (AvgIpc) is 2.47. The molecule has 1 aromatic rings. The van der Waals surface area contributed by atoms with E-state index in [0.717, 1.165) is 12.8 Å². The summed E-state index contributed by atoms with van der Waals surface area (Å²) in [7, 11) is 0. The van der Waals surface area contributed by atoms with Gasteiger partial charge in [-0.15, -0.1) is 0 Å². The Labute approximate surface area is 131 Å². The third-order valence-electron chi connectivity index (χ3n) is 4.20. The van der Waals surface area contributed by atoms with E-state index in [1.165, 1.54) is 11.0 Å². The minimum Gasteiger partial charge on any atom is -0.329 e. The van der Waals surface area contributed by atoms with Crippen molar-refractivity contribution < 1.29 is 14.0 Å². The average molecular weight is 355 g/mol. The Balaban J connectivity index is 1.97. The Morgan fingerprint density at radius 2 is 2.05 bits per heavy atom. The fourth-order valence-electron chi connectivity index (χ4n) is 3.10. The molecule has 21 heavy (non-hydrogen) atoms. The zero-order valence-corrected chi connectivity index (χ0v) is 13.3. The molecule has 0 spiro atoms. The first-order valence-corrected chi connectivity index (χ1v) is 7.85. The number of nitrogens with zero attached hydrogens (tertiary/aromatic N) is 2. The van der Waals surface area contributed by atoms with Crippen LogP contribution in [0.5, 0.6) is 0 Å². The number of piperazine rings is 1. The summed E-state index contributed by atoms with van der Waals surface area (Å²) in [6, 6.07) is 2.60. The van der Waals surface area contributed by atoms with Crippen LogP contribution in [0.15, 0.2) is 16.6 Å². The van der Waals surface area contributed by atoms with Crippen LogP contribution in [0, 0.1) is 12.7 Å². The second kappa shape index (κ2) is 5.40. The maximum Gasteiger partial charge on any atom is 0.250 e. The first kappa shape index (κ1) is 14.5. The van der Waals surface area contributed by atoms with E-state index in [1.54, 1.807) is 17.9 Å². The largest absolute Gasteiger partial charge is 0.329 e. The lowest BCUT2D eigenvalue weighted by molar-refractivity contribution is -0.144. The number of carbonyl (C=O) groups excluding carboxylic acids is 2. The van der Waals surface area contributed by atoms with Gasteiger partial charge in [-0.2, -0.15) is 0 Å². The van der Waals surface area contributed by atoms with Crippen molar-refractivity contribution >= 4 is 33.4 Å². The van der Waals surface area contributed by atoms with E-state index < -0.39 is 0 Å². The van der Waals surface area contributed by atoms with Crippen molar-refractivity contribution in [3.05, 3.63) is 28.0 Å². The molecule has 2 amide bonds. The summed E-state index contributed by atoms with van der Waals surface area (Å²) >= 11 is 3.14. The zero-order chi connectivity index (χ0) is 15.1. The molecule has 0 N–H and O–H groups in total. The van der Waals surface area contributed by atoms with E-state index in [9.17, 15) is 14.0 Å². The number of amides is 2. The zero-order valence-electron chi connectivity index (χ0n) is 11.7.